The van der Waals surface area contributed by atoms with Gasteiger partial charge in [-0.2, -0.15) is 15.1 Å². The quantitative estimate of drug-likeness (QED) is 0.481. The number of fused-ring (bicyclic) bond motifs is 1. The first-order chi connectivity index (χ1) is 18.3. The molecule has 0 bridgehead atoms. The Kier molecular flexibility index (Phi) is 6.69. The van der Waals surface area contributed by atoms with E-state index in [2.05, 4.69) is 20.0 Å². The summed E-state index contributed by atoms with van der Waals surface area (Å²) >= 11 is 0. The minimum Gasteiger partial charge on any atom is -0.461 e. The van der Waals surface area contributed by atoms with Gasteiger partial charge in [-0.15, -0.1) is 0 Å². The van der Waals surface area contributed by atoms with Gasteiger partial charge in [-0.1, -0.05) is 0 Å². The summed E-state index contributed by atoms with van der Waals surface area (Å²) in [7, 11) is 0. The Morgan fingerprint density at radius 2 is 1.79 bits per heavy atom. The molecule has 0 saturated carbocycles. The highest BCUT2D eigenvalue weighted by molar-refractivity contribution is 5.82. The number of aromatic nitrogens is 4. The number of nitrogens with zero attached hydrogens (tertiary/aromatic N) is 6. The van der Waals surface area contributed by atoms with Crippen LogP contribution >= 0.6 is 0 Å². The van der Waals surface area contributed by atoms with Gasteiger partial charge in [-0.25, -0.2) is 13.5 Å². The second-order valence-electron chi connectivity index (χ2n) is 10.7. The average molecular weight is 529 g/mol. The van der Waals surface area contributed by atoms with Gasteiger partial charge in [0.25, 0.3) is 5.92 Å². The Balaban J connectivity index is 1.38. The molecule has 3 aliphatic rings. The number of ether oxygens (including phenoxy) is 3. The molecule has 3 aromatic rings. The van der Waals surface area contributed by atoms with Gasteiger partial charge < -0.3 is 19.1 Å². The molecule has 3 aliphatic heterocycles. The molecule has 1 atom stereocenters. The van der Waals surface area contributed by atoms with Crippen molar-refractivity contribution >= 4 is 16.7 Å². The fraction of sp³-hybridized carbons (Fsp3) is 0.593. The standard InChI is InChI=1S/C27H34F2N6O3/c1-17(2)38-26-31-24(33-6-8-36-9-7-33)12-25(32-26)35-23-11-21(18(3)10-19(23)13-30-35)22-4-5-34(16-27(22,28)29)20-14-37-15-20/h10-13,17,20,22H,4-9,14-16H2,1-3H3. The first kappa shape index (κ1) is 25.4. The van der Waals surface area contributed by atoms with E-state index in [0.29, 0.717) is 63.9 Å². The van der Waals surface area contributed by atoms with Gasteiger partial charge in [0.1, 0.15) is 5.82 Å². The molecule has 3 saturated heterocycles. The van der Waals surface area contributed by atoms with Crippen molar-refractivity contribution in [3.63, 3.8) is 0 Å². The van der Waals surface area contributed by atoms with Gasteiger partial charge in [-0.3, -0.25) is 4.90 Å². The number of alkyl halides is 2. The Bertz CT molecular complexity index is 1310. The number of morpholine rings is 1. The van der Waals surface area contributed by atoms with Gasteiger partial charge in [0, 0.05) is 24.5 Å². The SMILES string of the molecule is Cc1cc2cnn(-c3cc(N4CCOCC4)nc(OC(C)C)n3)c2cc1C1CCN(C2COC2)CC1(F)F. The summed E-state index contributed by atoms with van der Waals surface area (Å²) in [5, 5.41) is 5.48. The Labute approximate surface area is 220 Å². The Morgan fingerprint density at radius 1 is 1.03 bits per heavy atom. The van der Waals surface area contributed by atoms with Gasteiger partial charge >= 0.3 is 6.01 Å². The molecular weight excluding hydrogens is 494 g/mol. The number of halogens is 2. The summed E-state index contributed by atoms with van der Waals surface area (Å²) in [6.07, 6.45) is 2.04. The van der Waals surface area contributed by atoms with Crippen molar-refractivity contribution < 1.29 is 23.0 Å². The van der Waals surface area contributed by atoms with Crippen molar-refractivity contribution in [1.82, 2.24) is 24.6 Å². The van der Waals surface area contributed by atoms with Crippen LogP contribution < -0.4 is 9.64 Å². The zero-order valence-electron chi connectivity index (χ0n) is 22.1. The lowest BCUT2D eigenvalue weighted by Gasteiger charge is -2.45. The summed E-state index contributed by atoms with van der Waals surface area (Å²) in [4.78, 5) is 13.3. The fourth-order valence-electron chi connectivity index (χ4n) is 5.58. The Hall–Kier alpha value is -2.89. The van der Waals surface area contributed by atoms with Crippen LogP contribution in [0.3, 0.4) is 0 Å². The smallest absolute Gasteiger partial charge is 0.320 e. The third kappa shape index (κ3) is 4.83. The molecule has 0 N–H and O–H groups in total. The molecule has 1 aromatic carbocycles. The largest absolute Gasteiger partial charge is 0.461 e. The first-order valence-corrected chi connectivity index (χ1v) is 13.4. The van der Waals surface area contributed by atoms with Crippen molar-refractivity contribution in [2.24, 2.45) is 0 Å². The number of hydrogen-bond donors (Lipinski definition) is 0. The first-order valence-electron chi connectivity index (χ1n) is 13.4. The number of likely N-dealkylation sites (tertiary alicyclic amines) is 1. The molecule has 38 heavy (non-hydrogen) atoms. The van der Waals surface area contributed by atoms with Crippen LogP contribution in [-0.2, 0) is 9.47 Å². The van der Waals surface area contributed by atoms with Crippen molar-refractivity contribution in [3.8, 4) is 11.8 Å². The number of benzene rings is 1. The third-order valence-corrected chi connectivity index (χ3v) is 7.67. The van der Waals surface area contributed by atoms with Crippen molar-refractivity contribution in [2.45, 2.75) is 51.2 Å². The van der Waals surface area contributed by atoms with Gasteiger partial charge in [0.2, 0.25) is 0 Å². The molecule has 0 radical (unpaired) electrons. The monoisotopic (exact) mass is 528 g/mol. The Morgan fingerprint density at radius 3 is 2.47 bits per heavy atom. The predicted molar refractivity (Wildman–Crippen MR) is 139 cm³/mol. The number of hydrogen-bond acceptors (Lipinski definition) is 8. The van der Waals surface area contributed by atoms with Crippen LogP contribution in [0.25, 0.3) is 16.7 Å². The lowest BCUT2D eigenvalue weighted by Crippen LogP contribution is -2.57. The highest BCUT2D eigenvalue weighted by Gasteiger charge is 2.48. The van der Waals surface area contributed by atoms with Crippen LogP contribution in [-0.4, -0.2) is 95.3 Å². The number of anilines is 1. The second kappa shape index (κ2) is 10.0. The van der Waals surface area contributed by atoms with Crippen LogP contribution in [0.1, 0.15) is 37.3 Å². The maximum atomic E-state index is 15.5. The van der Waals surface area contributed by atoms with Crippen LogP contribution in [0.4, 0.5) is 14.6 Å². The molecule has 0 amide bonds. The topological polar surface area (TPSA) is 77.8 Å². The van der Waals surface area contributed by atoms with Crippen LogP contribution in [0.15, 0.2) is 24.4 Å². The van der Waals surface area contributed by atoms with E-state index in [1.54, 1.807) is 10.9 Å². The molecule has 204 valence electrons. The van der Waals surface area contributed by atoms with E-state index in [9.17, 15) is 0 Å². The molecule has 1 unspecified atom stereocenters. The zero-order chi connectivity index (χ0) is 26.4. The molecule has 9 nitrogen and oxygen atoms in total. The van der Waals surface area contributed by atoms with E-state index in [1.165, 1.54) is 0 Å². The molecular formula is C27H34F2N6O3. The van der Waals surface area contributed by atoms with E-state index in [4.69, 9.17) is 14.2 Å². The van der Waals surface area contributed by atoms with Gasteiger partial charge in [0.05, 0.1) is 62.7 Å². The number of rotatable bonds is 6. The molecule has 2 aromatic heterocycles. The van der Waals surface area contributed by atoms with E-state index < -0.39 is 11.8 Å². The molecule has 11 heteroatoms. The lowest BCUT2D eigenvalue weighted by molar-refractivity contribution is -0.136. The molecule has 0 spiro atoms. The number of aryl methyl sites for hydroxylation is 1. The highest BCUT2D eigenvalue weighted by Crippen LogP contribution is 2.43. The predicted octanol–water partition coefficient (Wildman–Crippen LogP) is 3.57. The average Bonchev–Trinajstić information content (AvgIpc) is 3.25. The normalized spacial score (nSPS) is 22.7. The van der Waals surface area contributed by atoms with Crippen LogP contribution in [0.5, 0.6) is 6.01 Å². The van der Waals surface area contributed by atoms with Crippen molar-refractivity contribution in [2.75, 3.05) is 57.5 Å². The summed E-state index contributed by atoms with van der Waals surface area (Å²) in [5.41, 5.74) is 2.25. The fourth-order valence-corrected chi connectivity index (χ4v) is 5.58. The summed E-state index contributed by atoms with van der Waals surface area (Å²) in [6, 6.07) is 6.06. The van der Waals surface area contributed by atoms with E-state index in [1.807, 2.05) is 43.9 Å². The minimum atomic E-state index is -2.84. The van der Waals surface area contributed by atoms with Gasteiger partial charge in [0.15, 0.2) is 5.82 Å². The van der Waals surface area contributed by atoms with E-state index >= 15 is 8.78 Å². The van der Waals surface area contributed by atoms with Gasteiger partial charge in [-0.05, 0) is 57.0 Å². The van der Waals surface area contributed by atoms with Crippen LogP contribution in [0.2, 0.25) is 0 Å². The molecule has 3 fully saturated rings. The molecule has 6 rings (SSSR count). The molecule has 5 heterocycles. The summed E-state index contributed by atoms with van der Waals surface area (Å²) in [6.45, 7) is 9.88. The minimum absolute atomic E-state index is 0.104. The van der Waals surface area contributed by atoms with Crippen molar-refractivity contribution in [1.29, 1.82) is 0 Å². The lowest BCUT2D eigenvalue weighted by atomic mass is 9.83. The third-order valence-electron chi connectivity index (χ3n) is 7.67. The number of piperidine rings is 1. The van der Waals surface area contributed by atoms with Crippen molar-refractivity contribution in [3.05, 3.63) is 35.5 Å². The zero-order valence-corrected chi connectivity index (χ0v) is 22.1. The maximum absolute atomic E-state index is 15.5. The molecule has 0 aliphatic carbocycles. The van der Waals surface area contributed by atoms with E-state index in [0.717, 1.165) is 22.3 Å². The van der Waals surface area contributed by atoms with E-state index in [-0.39, 0.29) is 24.7 Å². The second-order valence-corrected chi connectivity index (χ2v) is 10.7. The highest BCUT2D eigenvalue weighted by atomic mass is 19.3. The van der Waals surface area contributed by atoms with Crippen LogP contribution in [0, 0.1) is 6.92 Å². The summed E-state index contributed by atoms with van der Waals surface area (Å²) < 4.78 is 49.4. The summed E-state index contributed by atoms with van der Waals surface area (Å²) in [5.74, 6) is -2.44. The maximum Gasteiger partial charge on any atom is 0.320 e.